The lowest BCUT2D eigenvalue weighted by molar-refractivity contribution is -0.825. The summed E-state index contributed by atoms with van der Waals surface area (Å²) in [5.74, 6) is 2.24. The van der Waals surface area contributed by atoms with Gasteiger partial charge in [-0.25, -0.2) is 0 Å². The number of fused-ring (bicyclic) bond motifs is 1. The van der Waals surface area contributed by atoms with Crippen molar-refractivity contribution in [1.29, 1.82) is 0 Å². The highest BCUT2D eigenvalue weighted by Gasteiger charge is 2.42. The van der Waals surface area contributed by atoms with Gasteiger partial charge in [-0.2, -0.15) is 0 Å². The summed E-state index contributed by atoms with van der Waals surface area (Å²) in [6, 6.07) is 0. The summed E-state index contributed by atoms with van der Waals surface area (Å²) in [4.78, 5) is 2.23. The number of hydrogen-bond acceptors (Lipinski definition) is 4. The van der Waals surface area contributed by atoms with Gasteiger partial charge in [0.25, 0.3) is 0 Å². The van der Waals surface area contributed by atoms with E-state index in [1.165, 1.54) is 5.82 Å². The summed E-state index contributed by atoms with van der Waals surface area (Å²) in [5.41, 5.74) is 0. The highest BCUT2D eigenvalue weighted by molar-refractivity contribution is 5.82. The van der Waals surface area contributed by atoms with Crippen molar-refractivity contribution in [3.05, 3.63) is 24.2 Å². The average molecular weight is 237 g/mol. The third kappa shape index (κ3) is 2.13. The minimum atomic E-state index is 0.165. The molecule has 0 saturated heterocycles. The van der Waals surface area contributed by atoms with Crippen LogP contribution in [0.2, 0.25) is 0 Å². The lowest BCUT2D eigenvalue weighted by Gasteiger charge is -2.25. The number of hydrogen-bond donors (Lipinski definition) is 1. The number of allylic oxidation sites excluding steroid dienone is 2. The van der Waals surface area contributed by atoms with Crippen LogP contribution in [0.3, 0.4) is 0 Å². The van der Waals surface area contributed by atoms with Gasteiger partial charge in [-0.1, -0.05) is 5.10 Å². The first kappa shape index (κ1) is 12.3. The summed E-state index contributed by atoms with van der Waals surface area (Å²) >= 11 is 0. The van der Waals surface area contributed by atoms with Crippen molar-refractivity contribution in [1.82, 2.24) is 10.2 Å². The zero-order valence-corrected chi connectivity index (χ0v) is 11.0. The molecule has 0 aromatic carbocycles. The van der Waals surface area contributed by atoms with E-state index in [0.29, 0.717) is 4.59 Å². The molecular weight excluding hydrogens is 216 g/mol. The number of nitrogens with zero attached hydrogens (tertiary/aromatic N) is 3. The lowest BCUT2D eigenvalue weighted by atomic mass is 10.3. The second kappa shape index (κ2) is 4.60. The minimum Gasteiger partial charge on any atom is -0.378 e. The molecule has 2 aliphatic heterocycles. The molecule has 0 amide bonds. The first-order valence-corrected chi connectivity index (χ1v) is 5.89. The zero-order chi connectivity index (χ0) is 12.5. The molecule has 0 spiro atoms. The van der Waals surface area contributed by atoms with Crippen molar-refractivity contribution in [2.75, 3.05) is 34.3 Å². The average Bonchev–Trinajstić information content (AvgIpc) is 2.74. The van der Waals surface area contributed by atoms with Crippen molar-refractivity contribution in [2.45, 2.75) is 13.0 Å². The first-order chi connectivity index (χ1) is 8.10. The number of amidine groups is 1. The number of ether oxygens (including phenoxy) is 1. The van der Waals surface area contributed by atoms with E-state index in [9.17, 15) is 0 Å². The Morgan fingerprint density at radius 1 is 1.59 bits per heavy atom. The molecular formula is C12H21N4O+. The van der Waals surface area contributed by atoms with E-state index in [1.54, 1.807) is 7.11 Å². The molecule has 0 aromatic rings. The maximum absolute atomic E-state index is 5.47. The Bertz CT molecular complexity index is 388. The number of nitrogens with one attached hydrogen (secondary N) is 1. The molecule has 2 aliphatic rings. The van der Waals surface area contributed by atoms with Crippen LogP contribution in [0.25, 0.3) is 0 Å². The fourth-order valence-electron chi connectivity index (χ4n) is 2.34. The van der Waals surface area contributed by atoms with Crippen LogP contribution in [0.15, 0.2) is 29.3 Å². The number of rotatable bonds is 5. The van der Waals surface area contributed by atoms with Crippen LogP contribution in [-0.4, -0.2) is 55.7 Å². The molecule has 2 unspecified atom stereocenters. The first-order valence-electron chi connectivity index (χ1n) is 5.89. The maximum atomic E-state index is 5.47. The summed E-state index contributed by atoms with van der Waals surface area (Å²) in [5, 5.41) is 7.81. The van der Waals surface area contributed by atoms with E-state index < -0.39 is 0 Å². The van der Waals surface area contributed by atoms with Crippen molar-refractivity contribution in [2.24, 2.45) is 5.10 Å². The fraction of sp³-hybridized carbons (Fsp3) is 0.583. The van der Waals surface area contributed by atoms with Crippen molar-refractivity contribution >= 4 is 5.84 Å². The Balaban J connectivity index is 2.10. The highest BCUT2D eigenvalue weighted by Crippen LogP contribution is 2.32. The topological polar surface area (TPSA) is 36.9 Å². The Labute approximate surface area is 103 Å². The van der Waals surface area contributed by atoms with Crippen LogP contribution in [-0.2, 0) is 4.74 Å². The molecule has 2 heterocycles. The second-order valence-corrected chi connectivity index (χ2v) is 4.57. The Morgan fingerprint density at radius 3 is 3.00 bits per heavy atom. The number of quaternary nitrogens is 1. The van der Waals surface area contributed by atoms with Gasteiger partial charge in [-0.05, 0) is 14.0 Å². The molecule has 2 rings (SSSR count). The molecule has 5 nitrogen and oxygen atoms in total. The van der Waals surface area contributed by atoms with Gasteiger partial charge in [0, 0.05) is 25.8 Å². The van der Waals surface area contributed by atoms with E-state index in [0.717, 1.165) is 18.9 Å². The summed E-state index contributed by atoms with van der Waals surface area (Å²) in [6.07, 6.45) is 6.42. The van der Waals surface area contributed by atoms with Crippen LogP contribution >= 0.6 is 0 Å². The van der Waals surface area contributed by atoms with E-state index >= 15 is 0 Å². The van der Waals surface area contributed by atoms with Gasteiger partial charge in [-0.3, -0.25) is 4.90 Å². The number of likely N-dealkylation sites (N-methyl/N-ethyl adjacent to an activating group) is 1. The molecule has 0 saturated carbocycles. The van der Waals surface area contributed by atoms with E-state index in [-0.39, 0.29) is 6.10 Å². The Hall–Kier alpha value is -1.17. The van der Waals surface area contributed by atoms with Crippen LogP contribution in [0.1, 0.15) is 6.92 Å². The third-order valence-corrected chi connectivity index (χ3v) is 3.26. The molecule has 5 heteroatoms. The molecule has 0 bridgehead atoms. The minimum absolute atomic E-state index is 0.165. The van der Waals surface area contributed by atoms with Gasteiger partial charge in [0.2, 0.25) is 5.82 Å². The zero-order valence-electron chi connectivity index (χ0n) is 11.0. The summed E-state index contributed by atoms with van der Waals surface area (Å²) in [6.45, 7) is 3.71. The van der Waals surface area contributed by atoms with Crippen LogP contribution in [0.5, 0.6) is 0 Å². The summed E-state index contributed by atoms with van der Waals surface area (Å²) < 4.78 is 6.00. The maximum Gasteiger partial charge on any atom is 0.241 e. The van der Waals surface area contributed by atoms with Crippen molar-refractivity contribution in [3.63, 3.8) is 0 Å². The van der Waals surface area contributed by atoms with Crippen molar-refractivity contribution < 1.29 is 9.33 Å². The van der Waals surface area contributed by atoms with Crippen LogP contribution in [0.4, 0.5) is 0 Å². The van der Waals surface area contributed by atoms with Gasteiger partial charge in [0.1, 0.15) is 13.2 Å². The normalized spacial score (nSPS) is 28.1. The molecule has 0 radical (unpaired) electrons. The molecule has 17 heavy (non-hydrogen) atoms. The van der Waals surface area contributed by atoms with E-state index in [4.69, 9.17) is 4.74 Å². The van der Waals surface area contributed by atoms with E-state index in [1.807, 2.05) is 14.0 Å². The van der Waals surface area contributed by atoms with Gasteiger partial charge in [0.15, 0.2) is 5.84 Å². The highest BCUT2D eigenvalue weighted by atomic mass is 16.5. The monoisotopic (exact) mass is 237 g/mol. The van der Waals surface area contributed by atoms with Gasteiger partial charge in [-0.15, -0.1) is 4.59 Å². The van der Waals surface area contributed by atoms with Crippen LogP contribution < -0.4 is 5.32 Å². The largest absolute Gasteiger partial charge is 0.378 e. The third-order valence-electron chi connectivity index (χ3n) is 3.26. The smallest absolute Gasteiger partial charge is 0.241 e. The van der Waals surface area contributed by atoms with Gasteiger partial charge in [0.05, 0.1) is 12.6 Å². The lowest BCUT2D eigenvalue weighted by Crippen LogP contribution is -2.41. The molecule has 0 aliphatic carbocycles. The van der Waals surface area contributed by atoms with Crippen molar-refractivity contribution in [3.8, 4) is 0 Å². The van der Waals surface area contributed by atoms with Gasteiger partial charge < -0.3 is 10.1 Å². The summed E-state index contributed by atoms with van der Waals surface area (Å²) in [7, 11) is 5.77. The predicted molar refractivity (Wildman–Crippen MR) is 67.9 cm³/mol. The van der Waals surface area contributed by atoms with Crippen LogP contribution in [0, 0.1) is 0 Å². The SMILES string of the molecule is CNCC(CN1C2=CC=C[N+]2(C)N=C1C)OC. The van der Waals surface area contributed by atoms with Gasteiger partial charge >= 0.3 is 0 Å². The Kier molecular flexibility index (Phi) is 3.33. The Morgan fingerprint density at radius 2 is 2.35 bits per heavy atom. The quantitative estimate of drug-likeness (QED) is 0.715. The standard InChI is InChI=1S/C12H21N4O/c1-10-14-16(3)7-5-6-12(16)15(10)9-11(17-4)8-13-2/h5-7,11,13H,8-9H2,1-4H3/q+1. The molecule has 0 aromatic heterocycles. The van der Waals surface area contributed by atoms with E-state index in [2.05, 4.69) is 40.7 Å². The molecule has 1 N–H and O–H groups in total. The molecule has 94 valence electrons. The fourth-order valence-corrected chi connectivity index (χ4v) is 2.34. The molecule has 0 fully saturated rings. The number of methoxy groups -OCH3 is 1. The second-order valence-electron chi connectivity index (χ2n) is 4.57. The molecule has 2 atom stereocenters. The predicted octanol–water partition coefficient (Wildman–Crippen LogP) is 0.685.